The fourth-order valence-corrected chi connectivity index (χ4v) is 1.14. The van der Waals surface area contributed by atoms with Crippen LogP contribution < -0.4 is 16.6 Å². The number of nitrogens with two attached hydrogens (primary N) is 1. The van der Waals surface area contributed by atoms with E-state index >= 15 is 0 Å². The first-order valence-corrected chi connectivity index (χ1v) is 5.47. The van der Waals surface area contributed by atoms with Gasteiger partial charge in [-0.25, -0.2) is 10.2 Å². The molecule has 0 aromatic heterocycles. The van der Waals surface area contributed by atoms with Crippen molar-refractivity contribution in [2.24, 2.45) is 0 Å². The minimum atomic E-state index is -0.636. The molecular formula is C12H18N4O2. The fourth-order valence-electron chi connectivity index (χ4n) is 1.14. The Morgan fingerprint density at radius 3 is 2.28 bits per heavy atom. The van der Waals surface area contributed by atoms with Gasteiger partial charge >= 0.3 is 6.09 Å². The first-order chi connectivity index (χ1) is 8.28. The number of benzene rings is 1. The first-order valence-electron chi connectivity index (χ1n) is 5.47. The van der Waals surface area contributed by atoms with E-state index in [1.807, 2.05) is 0 Å². The van der Waals surface area contributed by atoms with Crippen LogP contribution in [0.25, 0.3) is 0 Å². The number of amidine groups is 1. The van der Waals surface area contributed by atoms with E-state index in [4.69, 9.17) is 15.9 Å². The molecule has 0 saturated heterocycles. The summed E-state index contributed by atoms with van der Waals surface area (Å²) in [5.41, 5.74) is 10.9. The molecule has 1 rings (SSSR count). The van der Waals surface area contributed by atoms with Gasteiger partial charge in [0.2, 0.25) is 0 Å². The number of anilines is 1. The molecule has 0 unspecified atom stereocenters. The van der Waals surface area contributed by atoms with Crippen LogP contribution in [0.3, 0.4) is 0 Å². The Hall–Kier alpha value is -2.24. The van der Waals surface area contributed by atoms with Crippen molar-refractivity contribution in [2.45, 2.75) is 26.4 Å². The third kappa shape index (κ3) is 4.73. The van der Waals surface area contributed by atoms with Crippen molar-refractivity contribution in [3.63, 3.8) is 0 Å². The highest BCUT2D eigenvalue weighted by atomic mass is 16.6. The van der Waals surface area contributed by atoms with Gasteiger partial charge in [0.1, 0.15) is 11.4 Å². The van der Waals surface area contributed by atoms with Gasteiger partial charge in [-0.1, -0.05) is 0 Å². The predicted octanol–water partition coefficient (Wildman–Crippen LogP) is 1.62. The summed E-state index contributed by atoms with van der Waals surface area (Å²) in [7, 11) is 0. The highest BCUT2D eigenvalue weighted by Gasteiger charge is 2.16. The monoisotopic (exact) mass is 250 g/mol. The molecule has 6 heteroatoms. The Morgan fingerprint density at radius 1 is 1.22 bits per heavy atom. The zero-order valence-corrected chi connectivity index (χ0v) is 10.7. The van der Waals surface area contributed by atoms with Crippen molar-refractivity contribution in [3.05, 3.63) is 29.8 Å². The quantitative estimate of drug-likeness (QED) is 0.263. The van der Waals surface area contributed by atoms with E-state index in [2.05, 4.69) is 10.9 Å². The van der Waals surface area contributed by atoms with Crippen LogP contribution in [0, 0.1) is 5.41 Å². The topological polar surface area (TPSA) is 100 Å². The largest absolute Gasteiger partial charge is 0.443 e. The van der Waals surface area contributed by atoms with Crippen molar-refractivity contribution in [1.82, 2.24) is 10.9 Å². The minimum absolute atomic E-state index is 0.0564. The lowest BCUT2D eigenvalue weighted by Crippen LogP contribution is -2.44. The van der Waals surface area contributed by atoms with Gasteiger partial charge in [0.25, 0.3) is 0 Å². The van der Waals surface area contributed by atoms with Gasteiger partial charge in [0.15, 0.2) is 0 Å². The second-order valence-electron chi connectivity index (χ2n) is 4.75. The van der Waals surface area contributed by atoms with E-state index in [-0.39, 0.29) is 5.84 Å². The number of carbonyl (C=O) groups excluding carboxylic acids is 1. The van der Waals surface area contributed by atoms with Gasteiger partial charge in [-0.2, -0.15) is 0 Å². The molecule has 5 N–H and O–H groups in total. The van der Waals surface area contributed by atoms with Crippen LogP contribution in [0.15, 0.2) is 24.3 Å². The van der Waals surface area contributed by atoms with Crippen molar-refractivity contribution < 1.29 is 9.53 Å². The molecule has 98 valence electrons. The van der Waals surface area contributed by atoms with Crippen LogP contribution >= 0.6 is 0 Å². The van der Waals surface area contributed by atoms with Gasteiger partial charge in [-0.3, -0.25) is 10.8 Å². The standard InChI is InChI=1S/C12H18N4O2/c1-12(2,3)18-11(17)16-15-10(14)8-4-6-9(13)7-5-8/h4-7H,13H2,1-3H3,(H2,14,15)(H,16,17). The molecule has 18 heavy (non-hydrogen) atoms. The zero-order valence-electron chi connectivity index (χ0n) is 10.7. The summed E-state index contributed by atoms with van der Waals surface area (Å²) in [4.78, 5) is 11.3. The summed E-state index contributed by atoms with van der Waals surface area (Å²) in [6, 6.07) is 6.72. The van der Waals surface area contributed by atoms with E-state index < -0.39 is 11.7 Å². The minimum Gasteiger partial charge on any atom is -0.443 e. The fraction of sp³-hybridized carbons (Fsp3) is 0.333. The molecule has 0 spiro atoms. The SMILES string of the molecule is CC(C)(C)OC(=O)NNC(=N)c1ccc(N)cc1. The second-order valence-corrected chi connectivity index (χ2v) is 4.75. The summed E-state index contributed by atoms with van der Waals surface area (Å²) >= 11 is 0. The summed E-state index contributed by atoms with van der Waals surface area (Å²) in [6.07, 6.45) is -0.636. The number of hydrazine groups is 1. The maximum Gasteiger partial charge on any atom is 0.426 e. The molecular weight excluding hydrogens is 232 g/mol. The van der Waals surface area contributed by atoms with Crippen molar-refractivity contribution in [3.8, 4) is 0 Å². The Morgan fingerprint density at radius 2 is 1.78 bits per heavy atom. The van der Waals surface area contributed by atoms with E-state index in [1.54, 1.807) is 45.0 Å². The van der Waals surface area contributed by atoms with Crippen LogP contribution in [-0.4, -0.2) is 17.5 Å². The van der Waals surface area contributed by atoms with Gasteiger partial charge in [0.05, 0.1) is 0 Å². The number of ether oxygens (including phenoxy) is 1. The number of carbonyl (C=O) groups is 1. The molecule has 0 aliphatic carbocycles. The number of nitrogen functional groups attached to an aromatic ring is 1. The van der Waals surface area contributed by atoms with E-state index in [0.717, 1.165) is 0 Å². The van der Waals surface area contributed by atoms with E-state index in [1.165, 1.54) is 0 Å². The second kappa shape index (κ2) is 5.39. The molecule has 0 saturated carbocycles. The number of hydrogen-bond donors (Lipinski definition) is 4. The molecule has 1 aromatic carbocycles. The van der Waals surface area contributed by atoms with Crippen LogP contribution in [0.4, 0.5) is 10.5 Å². The molecule has 0 atom stereocenters. The van der Waals surface area contributed by atoms with Crippen LogP contribution in [-0.2, 0) is 4.74 Å². The van der Waals surface area contributed by atoms with Gasteiger partial charge < -0.3 is 10.5 Å². The molecule has 0 heterocycles. The highest BCUT2D eigenvalue weighted by Crippen LogP contribution is 2.06. The lowest BCUT2D eigenvalue weighted by Gasteiger charge is -2.20. The van der Waals surface area contributed by atoms with Crippen LogP contribution in [0.5, 0.6) is 0 Å². The van der Waals surface area contributed by atoms with Crippen molar-refractivity contribution in [1.29, 1.82) is 5.41 Å². The molecule has 1 aromatic rings. The van der Waals surface area contributed by atoms with Crippen molar-refractivity contribution in [2.75, 3.05) is 5.73 Å². The normalized spacial score (nSPS) is 10.6. The predicted molar refractivity (Wildman–Crippen MR) is 70.2 cm³/mol. The lowest BCUT2D eigenvalue weighted by molar-refractivity contribution is 0.0513. The summed E-state index contributed by atoms with van der Waals surface area (Å²) < 4.78 is 5.01. The van der Waals surface area contributed by atoms with Crippen LogP contribution in [0.2, 0.25) is 0 Å². The number of rotatable bonds is 1. The Labute approximate surface area is 106 Å². The van der Waals surface area contributed by atoms with Crippen molar-refractivity contribution >= 4 is 17.6 Å². The Bertz CT molecular complexity index is 434. The number of amides is 1. The summed E-state index contributed by atoms with van der Waals surface area (Å²) in [5.74, 6) is 0.0564. The highest BCUT2D eigenvalue weighted by molar-refractivity contribution is 5.97. The Balaban J connectivity index is 2.47. The number of hydrogen-bond acceptors (Lipinski definition) is 4. The van der Waals surface area contributed by atoms with E-state index in [0.29, 0.717) is 11.3 Å². The third-order valence-electron chi connectivity index (χ3n) is 1.89. The molecule has 0 aliphatic rings. The van der Waals surface area contributed by atoms with Gasteiger partial charge in [-0.15, -0.1) is 0 Å². The number of nitrogens with one attached hydrogen (secondary N) is 3. The molecule has 0 aliphatic heterocycles. The maximum absolute atomic E-state index is 11.3. The third-order valence-corrected chi connectivity index (χ3v) is 1.89. The zero-order chi connectivity index (χ0) is 13.8. The summed E-state index contributed by atoms with van der Waals surface area (Å²) in [6.45, 7) is 5.29. The maximum atomic E-state index is 11.3. The molecule has 0 fully saturated rings. The molecule has 0 radical (unpaired) electrons. The smallest absolute Gasteiger partial charge is 0.426 e. The van der Waals surface area contributed by atoms with Gasteiger partial charge in [-0.05, 0) is 45.0 Å². The van der Waals surface area contributed by atoms with Crippen LogP contribution in [0.1, 0.15) is 26.3 Å². The average molecular weight is 250 g/mol. The van der Waals surface area contributed by atoms with E-state index in [9.17, 15) is 4.79 Å². The molecule has 6 nitrogen and oxygen atoms in total. The lowest BCUT2D eigenvalue weighted by atomic mass is 10.2. The first kappa shape index (κ1) is 13.8. The Kier molecular flexibility index (Phi) is 4.14. The molecule has 1 amide bonds. The average Bonchev–Trinajstić information content (AvgIpc) is 2.24. The van der Waals surface area contributed by atoms with Gasteiger partial charge in [0, 0.05) is 11.3 Å². The summed E-state index contributed by atoms with van der Waals surface area (Å²) in [5, 5.41) is 7.70. The molecule has 0 bridgehead atoms.